The molecule has 0 saturated heterocycles. The van der Waals surface area contributed by atoms with Gasteiger partial charge in [0, 0.05) is 24.1 Å². The summed E-state index contributed by atoms with van der Waals surface area (Å²) in [6.07, 6.45) is 1.46. The van der Waals surface area contributed by atoms with E-state index in [2.05, 4.69) is 5.32 Å². The van der Waals surface area contributed by atoms with Crippen LogP contribution in [0.5, 0.6) is 5.75 Å². The van der Waals surface area contributed by atoms with Gasteiger partial charge in [-0.1, -0.05) is 24.3 Å². The number of anilines is 1. The van der Waals surface area contributed by atoms with Gasteiger partial charge in [0.15, 0.2) is 0 Å². The van der Waals surface area contributed by atoms with E-state index in [9.17, 15) is 23.3 Å². The van der Waals surface area contributed by atoms with Crippen LogP contribution in [0.4, 0.5) is 11.4 Å². The molecular formula is C20H23N3O6S. The average Bonchev–Trinajstić information content (AvgIpc) is 2.64. The number of nitro groups is 1. The summed E-state index contributed by atoms with van der Waals surface area (Å²) in [7, 11) is -3.85. The molecule has 2 aromatic rings. The van der Waals surface area contributed by atoms with Crippen molar-refractivity contribution in [1.29, 1.82) is 0 Å². The number of non-ortho nitro benzene ring substituents is 1. The lowest BCUT2D eigenvalue weighted by molar-refractivity contribution is -0.384. The maximum atomic E-state index is 12.8. The maximum Gasteiger partial charge on any atom is 0.271 e. The van der Waals surface area contributed by atoms with Crippen molar-refractivity contribution in [1.82, 2.24) is 5.32 Å². The van der Waals surface area contributed by atoms with Crippen molar-refractivity contribution in [2.24, 2.45) is 0 Å². The monoisotopic (exact) mass is 433 g/mol. The zero-order valence-corrected chi connectivity index (χ0v) is 17.7. The number of rotatable bonds is 6. The second-order valence-corrected chi connectivity index (χ2v) is 9.68. The highest BCUT2D eigenvalue weighted by atomic mass is 32.2. The van der Waals surface area contributed by atoms with Gasteiger partial charge in [-0.3, -0.25) is 19.2 Å². The second-order valence-electron chi connectivity index (χ2n) is 7.77. The normalized spacial score (nSPS) is 17.4. The molecule has 9 nitrogen and oxygen atoms in total. The molecule has 0 aliphatic carbocycles. The molecule has 1 N–H and O–H groups in total. The summed E-state index contributed by atoms with van der Waals surface area (Å²) in [5.41, 5.74) is 0.0886. The number of nitrogens with one attached hydrogen (secondary N) is 1. The highest BCUT2D eigenvalue weighted by Gasteiger charge is 2.35. The van der Waals surface area contributed by atoms with Gasteiger partial charge in [0.1, 0.15) is 17.9 Å². The number of para-hydroxylation sites is 1. The van der Waals surface area contributed by atoms with Crippen molar-refractivity contribution < 1.29 is 22.9 Å². The van der Waals surface area contributed by atoms with Gasteiger partial charge in [0.25, 0.3) is 5.69 Å². The maximum absolute atomic E-state index is 12.8. The average molecular weight is 433 g/mol. The van der Waals surface area contributed by atoms with E-state index < -0.39 is 33.0 Å². The number of carbonyl (C=O) groups excluding carboxylic acids is 1. The molecule has 3 rings (SSSR count). The highest BCUT2D eigenvalue weighted by molar-refractivity contribution is 7.92. The van der Waals surface area contributed by atoms with Gasteiger partial charge >= 0.3 is 0 Å². The van der Waals surface area contributed by atoms with Crippen LogP contribution in [0, 0.1) is 10.1 Å². The molecule has 0 unspecified atom stereocenters. The number of sulfonamides is 1. The van der Waals surface area contributed by atoms with Gasteiger partial charge in [-0.25, -0.2) is 8.42 Å². The standard InChI is InChI=1S/C20H23N3O6S/c1-20(2)12-17(16-9-4-5-10-18(16)29-20)21-19(24)13-22(30(3,27)28)14-7-6-8-15(11-14)23(25)26/h4-11,17H,12-13H2,1-3H3,(H,21,24)/t17-/m1/s1. The quantitative estimate of drug-likeness (QED) is 0.553. The van der Waals surface area contributed by atoms with Crippen molar-refractivity contribution in [3.63, 3.8) is 0 Å². The summed E-state index contributed by atoms with van der Waals surface area (Å²) in [4.78, 5) is 23.2. The summed E-state index contributed by atoms with van der Waals surface area (Å²) in [5, 5.41) is 13.9. The van der Waals surface area contributed by atoms with E-state index in [0.717, 1.165) is 22.2 Å². The van der Waals surface area contributed by atoms with Crippen LogP contribution < -0.4 is 14.4 Å². The third-order valence-corrected chi connectivity index (χ3v) is 5.87. The Hall–Kier alpha value is -3.14. The number of benzene rings is 2. The minimum Gasteiger partial charge on any atom is -0.487 e. The molecule has 0 bridgehead atoms. The van der Waals surface area contributed by atoms with E-state index >= 15 is 0 Å². The van der Waals surface area contributed by atoms with Gasteiger partial charge in [-0.2, -0.15) is 0 Å². The first-order valence-electron chi connectivity index (χ1n) is 9.26. The summed E-state index contributed by atoms with van der Waals surface area (Å²) >= 11 is 0. The molecule has 0 radical (unpaired) electrons. The SMILES string of the molecule is CC1(C)C[C@@H](NC(=O)CN(c2cccc([N+](=O)[O-])c2)S(C)(=O)=O)c2ccccc2O1. The van der Waals surface area contributed by atoms with Crippen molar-refractivity contribution >= 4 is 27.3 Å². The van der Waals surface area contributed by atoms with Crippen LogP contribution in [0.1, 0.15) is 31.9 Å². The molecule has 0 spiro atoms. The van der Waals surface area contributed by atoms with Crippen LogP contribution in [-0.2, 0) is 14.8 Å². The molecule has 1 atom stereocenters. The van der Waals surface area contributed by atoms with Crippen LogP contribution in [0.15, 0.2) is 48.5 Å². The lowest BCUT2D eigenvalue weighted by Gasteiger charge is -2.38. The zero-order chi connectivity index (χ0) is 22.1. The number of nitro benzene ring substituents is 1. The molecule has 1 heterocycles. The number of hydrogen-bond donors (Lipinski definition) is 1. The molecule has 10 heteroatoms. The molecule has 1 amide bonds. The number of carbonyl (C=O) groups is 1. The Morgan fingerprint density at radius 3 is 2.63 bits per heavy atom. The lowest BCUT2D eigenvalue weighted by Crippen LogP contribution is -2.45. The van der Waals surface area contributed by atoms with E-state index in [1.54, 1.807) is 0 Å². The van der Waals surface area contributed by atoms with E-state index in [1.807, 2.05) is 38.1 Å². The Labute approximate surface area is 174 Å². The Morgan fingerprint density at radius 1 is 1.27 bits per heavy atom. The van der Waals surface area contributed by atoms with Gasteiger partial charge in [0.05, 0.1) is 22.9 Å². The minimum absolute atomic E-state index is 0.0505. The number of hydrogen-bond acceptors (Lipinski definition) is 6. The third-order valence-electron chi connectivity index (χ3n) is 4.73. The van der Waals surface area contributed by atoms with Gasteiger partial charge in [-0.15, -0.1) is 0 Å². The molecule has 30 heavy (non-hydrogen) atoms. The first kappa shape index (κ1) is 21.6. The highest BCUT2D eigenvalue weighted by Crippen LogP contribution is 2.39. The van der Waals surface area contributed by atoms with Crippen LogP contribution >= 0.6 is 0 Å². The first-order valence-corrected chi connectivity index (χ1v) is 11.1. The predicted molar refractivity (Wildman–Crippen MR) is 112 cm³/mol. The Kier molecular flexibility index (Phi) is 5.71. The molecular weight excluding hydrogens is 410 g/mol. The Balaban J connectivity index is 1.84. The molecule has 160 valence electrons. The van der Waals surface area contributed by atoms with Gasteiger partial charge < -0.3 is 10.1 Å². The summed E-state index contributed by atoms with van der Waals surface area (Å²) in [6.45, 7) is 3.32. The van der Waals surface area contributed by atoms with Gasteiger partial charge in [-0.05, 0) is 26.0 Å². The molecule has 0 fully saturated rings. The van der Waals surface area contributed by atoms with E-state index in [0.29, 0.717) is 12.2 Å². The van der Waals surface area contributed by atoms with Crippen LogP contribution in [0.25, 0.3) is 0 Å². The summed E-state index contributed by atoms with van der Waals surface area (Å²) < 4.78 is 31.4. The van der Waals surface area contributed by atoms with Crippen molar-refractivity contribution in [3.05, 3.63) is 64.2 Å². The van der Waals surface area contributed by atoms with E-state index in [-0.39, 0.29) is 17.4 Å². The fraction of sp³-hybridized carbons (Fsp3) is 0.350. The smallest absolute Gasteiger partial charge is 0.271 e. The molecule has 0 aromatic heterocycles. The molecule has 1 aliphatic rings. The zero-order valence-electron chi connectivity index (χ0n) is 16.9. The Bertz CT molecular complexity index is 1080. The minimum atomic E-state index is -3.85. The number of fused-ring (bicyclic) bond motifs is 1. The van der Waals surface area contributed by atoms with Crippen molar-refractivity contribution in [2.75, 3.05) is 17.1 Å². The summed E-state index contributed by atoms with van der Waals surface area (Å²) in [5.74, 6) is 0.141. The van der Waals surface area contributed by atoms with Crippen LogP contribution in [0.2, 0.25) is 0 Å². The fourth-order valence-corrected chi connectivity index (χ4v) is 4.31. The van der Waals surface area contributed by atoms with Crippen LogP contribution in [-0.4, -0.2) is 37.6 Å². The van der Waals surface area contributed by atoms with Crippen molar-refractivity contribution in [2.45, 2.75) is 31.9 Å². The Morgan fingerprint density at radius 2 is 1.97 bits per heavy atom. The number of amides is 1. The predicted octanol–water partition coefficient (Wildman–Crippen LogP) is 2.78. The van der Waals surface area contributed by atoms with Gasteiger partial charge in [0.2, 0.25) is 15.9 Å². The third kappa shape index (κ3) is 4.88. The number of nitrogens with zero attached hydrogens (tertiary/aromatic N) is 2. The topological polar surface area (TPSA) is 119 Å². The molecule has 1 aliphatic heterocycles. The van der Waals surface area contributed by atoms with Crippen molar-refractivity contribution in [3.8, 4) is 5.75 Å². The van der Waals surface area contributed by atoms with E-state index in [4.69, 9.17) is 4.74 Å². The van der Waals surface area contributed by atoms with Crippen LogP contribution in [0.3, 0.4) is 0 Å². The molecule has 0 saturated carbocycles. The summed E-state index contributed by atoms with van der Waals surface area (Å²) in [6, 6.07) is 12.2. The molecule has 2 aromatic carbocycles. The second kappa shape index (κ2) is 7.94. The fourth-order valence-electron chi connectivity index (χ4n) is 3.46. The first-order chi connectivity index (χ1) is 14.0. The number of ether oxygens (including phenoxy) is 1. The largest absolute Gasteiger partial charge is 0.487 e. The van der Waals surface area contributed by atoms with E-state index in [1.165, 1.54) is 18.2 Å². The lowest BCUT2D eigenvalue weighted by atomic mass is 9.89.